The topological polar surface area (TPSA) is 402 Å². The monoisotopic (exact) mass is 1580 g/mol. The van der Waals surface area contributed by atoms with E-state index in [0.717, 1.165) is 150 Å². The molecule has 4 unspecified atom stereocenters. The van der Waals surface area contributed by atoms with Crippen LogP contribution in [0.15, 0.2) is 146 Å². The third-order valence-corrected chi connectivity index (χ3v) is 16.8. The first-order chi connectivity index (χ1) is 46.5. The molecule has 12 aromatic rings. The van der Waals surface area contributed by atoms with Crippen molar-refractivity contribution in [3.8, 4) is 78.8 Å². The molecule has 2 aliphatic heterocycles. The number of hydrogen-bond acceptors (Lipinski definition) is 18. The summed E-state index contributed by atoms with van der Waals surface area (Å²) in [5.41, 5.74) is 40.7. The average molecular weight is 1580 g/mol. The van der Waals surface area contributed by atoms with Crippen LogP contribution < -0.4 is 31.7 Å². The molecule has 34 heteroatoms. The van der Waals surface area contributed by atoms with E-state index in [2.05, 4.69) is 174 Å². The molecule has 8 N–H and O–H groups in total. The number of methoxy groups -OCH3 is 4. The van der Waals surface area contributed by atoms with Crippen molar-refractivity contribution in [1.29, 1.82) is 0 Å². The molecular formula is C67H56N12O14P4V4. The van der Waals surface area contributed by atoms with Crippen LogP contribution >= 0.6 is 34.3 Å². The maximum Gasteiger partial charge on any atom is 2.00 e. The van der Waals surface area contributed by atoms with E-state index in [9.17, 15) is 38.4 Å². The number of ether oxygens (including phenoxy) is 6. The summed E-state index contributed by atoms with van der Waals surface area (Å²) in [7, 11) is 4.24. The van der Waals surface area contributed by atoms with Gasteiger partial charge >= 0.3 is 74.2 Å². The predicted molar refractivity (Wildman–Crippen MR) is 381 cm³/mol. The van der Waals surface area contributed by atoms with Gasteiger partial charge in [0.05, 0.1) is 98.3 Å². The number of H-pyrrole nitrogens is 4. The largest absolute Gasteiger partial charge is 2.00 e. The molecule has 508 valence electrons. The maximum absolute atomic E-state index is 10.7. The van der Waals surface area contributed by atoms with Crippen molar-refractivity contribution < 1.29 is 141 Å². The van der Waals surface area contributed by atoms with Gasteiger partial charge in [0, 0.05) is 49.9 Å². The van der Waals surface area contributed by atoms with Crippen molar-refractivity contribution in [3.05, 3.63) is 180 Å². The maximum atomic E-state index is 10.7. The molecule has 8 aromatic carbocycles. The Labute approximate surface area is 632 Å². The summed E-state index contributed by atoms with van der Waals surface area (Å²) in [5, 5.41) is 8.85. The molecule has 14 rings (SSSR count). The molecule has 101 heavy (non-hydrogen) atoms. The van der Waals surface area contributed by atoms with Crippen molar-refractivity contribution in [2.24, 2.45) is 0 Å². The van der Waals surface area contributed by atoms with Crippen LogP contribution in [0.2, 0.25) is 0 Å². The van der Waals surface area contributed by atoms with Gasteiger partial charge in [0.1, 0.15) is 24.7 Å². The molecule has 0 spiro atoms. The number of benzene rings is 8. The van der Waals surface area contributed by atoms with Crippen LogP contribution in [0.5, 0.6) is 11.5 Å². The smallest absolute Gasteiger partial charge is 0.632 e. The van der Waals surface area contributed by atoms with E-state index in [4.69, 9.17) is 32.4 Å². The van der Waals surface area contributed by atoms with E-state index in [1.54, 1.807) is 24.8 Å². The number of nitrogens with one attached hydrogen (secondary N) is 8. The SMILES string of the molecule is C.COC([NH-])=O.COC([NH-])=O.COC([NH-])=O.COC([NH-])=O.O=[C-]Pc1ncc(-c2ccc3c4c(ccc3c2)-c2ccc3cc(-c5cnc(P[C-]=O)[nH]5)ccc3c2OC4)[nH]1.O=[C-]Pc1ncc(-c2ccc3cc4c(cc3c2)OCc2c-4ccc3cc(-c4cnc(P[C-]=O)[nH]4)ccc23)[nH]1.[V+2].[V+2].[V+2].[V+2]. The van der Waals surface area contributed by atoms with E-state index in [1.165, 1.54) is 11.1 Å². The van der Waals surface area contributed by atoms with Crippen molar-refractivity contribution >= 4 is 148 Å². The summed E-state index contributed by atoms with van der Waals surface area (Å²) in [4.78, 5) is 110. The van der Waals surface area contributed by atoms with Crippen molar-refractivity contribution in [2.45, 2.75) is 20.6 Å². The van der Waals surface area contributed by atoms with Gasteiger partial charge in [0.15, 0.2) is 0 Å². The second-order valence-electron chi connectivity index (χ2n) is 19.9. The molecule has 4 amide bonds. The van der Waals surface area contributed by atoms with Gasteiger partial charge in [-0.15, -0.1) is 0 Å². The zero-order valence-electron chi connectivity index (χ0n) is 52.6. The van der Waals surface area contributed by atoms with Gasteiger partial charge in [-0.1, -0.05) is 86.3 Å². The van der Waals surface area contributed by atoms with Gasteiger partial charge in [-0.25, -0.2) is 44.0 Å². The van der Waals surface area contributed by atoms with E-state index >= 15 is 0 Å². The Bertz CT molecular complexity index is 4460. The summed E-state index contributed by atoms with van der Waals surface area (Å²) in [5.74, 6) is 1.75. The molecule has 0 saturated heterocycles. The molecule has 4 atom stereocenters. The molecule has 4 aromatic heterocycles. The number of imidazole rings is 4. The van der Waals surface area contributed by atoms with Crippen LogP contribution in [0, 0.1) is 0 Å². The van der Waals surface area contributed by atoms with Gasteiger partial charge in [-0.05, 0) is 91.3 Å². The van der Waals surface area contributed by atoms with Crippen LogP contribution in [-0.2, 0) is 126 Å². The molecule has 0 bridgehead atoms. The Morgan fingerprint density at radius 2 is 0.683 bits per heavy atom. The summed E-state index contributed by atoms with van der Waals surface area (Å²) in [6.45, 7) is 0.971. The fourth-order valence-corrected chi connectivity index (χ4v) is 11.9. The van der Waals surface area contributed by atoms with Crippen LogP contribution in [0.25, 0.3) is 133 Å². The van der Waals surface area contributed by atoms with Gasteiger partial charge < -0.3 is 90.5 Å². The Balaban J connectivity index is 0.000000325. The zero-order valence-corrected chi connectivity index (χ0v) is 62.2. The van der Waals surface area contributed by atoms with Crippen LogP contribution in [0.1, 0.15) is 18.6 Å². The van der Waals surface area contributed by atoms with E-state index in [1.807, 2.05) is 30.2 Å². The fourth-order valence-electron chi connectivity index (χ4n) is 10.2. The summed E-state index contributed by atoms with van der Waals surface area (Å²) in [6, 6.07) is 49.9. The van der Waals surface area contributed by atoms with Gasteiger partial charge in [-0.3, -0.25) is 19.2 Å². The molecule has 0 saturated carbocycles. The number of aromatic nitrogens is 8. The molecule has 4 radical (unpaired) electrons. The molecule has 0 fully saturated rings. The normalized spacial score (nSPS) is 11.0. The minimum absolute atomic E-state index is 0. The van der Waals surface area contributed by atoms with E-state index in [-0.39, 0.29) is 116 Å². The minimum atomic E-state index is -0.995. The summed E-state index contributed by atoms with van der Waals surface area (Å²) in [6.07, 6.45) is 3.02. The standard InChI is InChI=1S/2C29H18N4O3P2.4C2H5NO2.CH4.4V/c34-14-37-28-30-11-25(32-28)18-3-5-20-16(9-18)1-7-22-23-8-2-17-10-19(26-12-31-29(33-26)38-15-35)4-6-21(17)27(23)36-13-24(20)22;34-14-37-28-30-11-25(32-28)18-2-1-16-9-23-22-6-3-17-7-19(26-12-31-29(33-26)38-15-35)4-5-21(17)24(22)13-36-27(23)10-20(16)8-18;4*1-5-2(3)4;;;;;/h2*1-12,37-38H,13H2,(H,30,32)(H,31,33);4*1H3,(H2,3,4);1H4;;;;/q2*-2;;;;;;4*+2/p-4. The Kier molecular flexibility index (Phi) is 33.9. The number of rotatable bonds is 12. The van der Waals surface area contributed by atoms with Gasteiger partial charge in [0.25, 0.3) is 0 Å². The van der Waals surface area contributed by atoms with E-state index in [0.29, 0.717) is 35.5 Å². The minimum Gasteiger partial charge on any atom is -0.632 e. The Hall–Kier alpha value is -8.94. The third kappa shape index (κ3) is 21.3. The van der Waals surface area contributed by atoms with Crippen molar-refractivity contribution in [3.63, 3.8) is 0 Å². The second-order valence-corrected chi connectivity index (χ2v) is 23.6. The predicted octanol–water partition coefficient (Wildman–Crippen LogP) is 14.0. The van der Waals surface area contributed by atoms with Crippen LogP contribution in [0.3, 0.4) is 0 Å². The Morgan fingerprint density at radius 1 is 0.386 bits per heavy atom. The molecule has 2 aliphatic rings. The number of aromatic amines is 4. The molecule has 26 nitrogen and oxygen atoms in total. The van der Waals surface area contributed by atoms with Crippen LogP contribution in [0.4, 0.5) is 19.2 Å². The number of carbonyl (C=O) groups is 4. The zero-order chi connectivity index (χ0) is 68.4. The second kappa shape index (κ2) is 40.5. The fraction of sp³-hybridized carbons (Fsp3) is 0.104. The molecule has 0 aliphatic carbocycles. The number of amides is 4. The number of hydrogen-bond donors (Lipinski definition) is 4. The third-order valence-electron chi connectivity index (χ3n) is 14.5. The van der Waals surface area contributed by atoms with Gasteiger partial charge in [-0.2, -0.15) is 34.3 Å². The van der Waals surface area contributed by atoms with Crippen molar-refractivity contribution in [2.75, 3.05) is 28.4 Å². The van der Waals surface area contributed by atoms with Crippen LogP contribution in [-0.4, -0.2) is 117 Å². The summed E-state index contributed by atoms with van der Waals surface area (Å²) >= 11 is 0. The number of fused-ring (bicyclic) bond motifs is 13. The van der Waals surface area contributed by atoms with Crippen molar-refractivity contribution in [1.82, 2.24) is 39.9 Å². The molecular weight excluding hydrogens is 1520 g/mol. The summed E-state index contributed by atoms with van der Waals surface area (Å²) < 4.78 is 27.8. The number of nitrogens with zero attached hydrogens (tertiary/aromatic N) is 4. The number of carbonyl (C=O) groups excluding carboxylic acids is 8. The average Bonchev–Trinajstić information content (AvgIpc) is 1.40. The first kappa shape index (κ1) is 84.5. The first-order valence-corrected chi connectivity index (χ1v) is 31.9. The van der Waals surface area contributed by atoms with Gasteiger partial charge in [0.2, 0.25) is 24.4 Å². The first-order valence-electron chi connectivity index (χ1n) is 27.9. The quantitative estimate of drug-likeness (QED) is 0.0501. The Morgan fingerprint density at radius 3 is 1.04 bits per heavy atom. The molecule has 6 heterocycles. The van der Waals surface area contributed by atoms with E-state index < -0.39 is 24.4 Å².